The third-order valence-corrected chi connectivity index (χ3v) is 5.07. The van der Waals surface area contributed by atoms with Crippen molar-refractivity contribution in [3.63, 3.8) is 0 Å². The number of aromatic nitrogens is 3. The van der Waals surface area contributed by atoms with Crippen LogP contribution in [0.1, 0.15) is 23.0 Å². The zero-order valence-electron chi connectivity index (χ0n) is 16.7. The van der Waals surface area contributed by atoms with Gasteiger partial charge in [-0.2, -0.15) is 18.3 Å². The Balaban J connectivity index is 1.65. The topological polar surface area (TPSA) is 82.8 Å². The molecule has 1 saturated heterocycles. The molecule has 31 heavy (non-hydrogen) atoms. The first kappa shape index (κ1) is 20.6. The van der Waals surface area contributed by atoms with E-state index in [2.05, 4.69) is 10.1 Å². The fraction of sp³-hybridized carbons (Fsp3) is 0.300. The van der Waals surface area contributed by atoms with E-state index in [1.165, 1.54) is 15.6 Å². The minimum atomic E-state index is -4.57. The van der Waals surface area contributed by atoms with Crippen LogP contribution < -0.4 is 15.1 Å². The van der Waals surface area contributed by atoms with Crippen LogP contribution in [0.4, 0.5) is 29.5 Å². The number of anilines is 2. The first-order chi connectivity index (χ1) is 14.7. The molecule has 3 amide bonds. The van der Waals surface area contributed by atoms with Gasteiger partial charge in [0, 0.05) is 30.5 Å². The number of rotatable bonds is 4. The third kappa shape index (κ3) is 3.78. The molecule has 162 valence electrons. The summed E-state index contributed by atoms with van der Waals surface area (Å²) in [5.41, 5.74) is 1.30. The number of benzene rings is 1. The van der Waals surface area contributed by atoms with E-state index in [0.29, 0.717) is 24.6 Å². The van der Waals surface area contributed by atoms with Gasteiger partial charge in [-0.25, -0.2) is 14.3 Å². The Kier molecular flexibility index (Phi) is 5.03. The van der Waals surface area contributed by atoms with Crippen molar-refractivity contribution in [3.05, 3.63) is 53.9 Å². The monoisotopic (exact) mass is 432 g/mol. The van der Waals surface area contributed by atoms with E-state index in [4.69, 9.17) is 0 Å². The summed E-state index contributed by atoms with van der Waals surface area (Å²) in [6, 6.07) is 8.50. The average molecular weight is 432 g/mol. The predicted octanol–water partition coefficient (Wildman–Crippen LogP) is 3.16. The average Bonchev–Trinajstić information content (AvgIpc) is 3.31. The Labute approximate surface area is 175 Å². The Bertz CT molecular complexity index is 1150. The van der Waals surface area contributed by atoms with Gasteiger partial charge in [0.25, 0.3) is 5.91 Å². The van der Waals surface area contributed by atoms with E-state index in [9.17, 15) is 22.8 Å². The van der Waals surface area contributed by atoms with Crippen LogP contribution in [-0.4, -0.2) is 51.8 Å². The fourth-order valence-corrected chi connectivity index (χ4v) is 3.35. The quantitative estimate of drug-likeness (QED) is 0.687. The maximum Gasteiger partial charge on any atom is 0.408 e. The SMILES string of the molecule is Cc1cc(N2CCN(c3ccccc3)C2=O)nc2c(C(=O)NC(C)C(F)(F)F)cnn12. The van der Waals surface area contributed by atoms with E-state index in [1.807, 2.05) is 35.6 Å². The van der Waals surface area contributed by atoms with Gasteiger partial charge in [-0.15, -0.1) is 0 Å². The van der Waals surface area contributed by atoms with Crippen LogP contribution in [0.15, 0.2) is 42.6 Å². The number of fused-ring (bicyclic) bond motifs is 1. The van der Waals surface area contributed by atoms with Gasteiger partial charge in [0.2, 0.25) is 0 Å². The van der Waals surface area contributed by atoms with Crippen molar-refractivity contribution in [1.29, 1.82) is 0 Å². The maximum atomic E-state index is 13.0. The molecule has 1 unspecified atom stereocenters. The summed E-state index contributed by atoms with van der Waals surface area (Å²) >= 11 is 0. The van der Waals surface area contributed by atoms with Gasteiger partial charge in [0.15, 0.2) is 5.65 Å². The van der Waals surface area contributed by atoms with E-state index >= 15 is 0 Å². The van der Waals surface area contributed by atoms with Crippen molar-refractivity contribution < 1.29 is 22.8 Å². The van der Waals surface area contributed by atoms with Crippen molar-refractivity contribution in [1.82, 2.24) is 19.9 Å². The zero-order chi connectivity index (χ0) is 22.3. The van der Waals surface area contributed by atoms with Crippen molar-refractivity contribution in [2.45, 2.75) is 26.1 Å². The van der Waals surface area contributed by atoms with Crippen LogP contribution in [-0.2, 0) is 0 Å². The number of nitrogens with one attached hydrogen (secondary N) is 1. The Morgan fingerprint density at radius 3 is 2.52 bits per heavy atom. The molecule has 3 aromatic rings. The second-order valence-electron chi connectivity index (χ2n) is 7.21. The minimum absolute atomic E-state index is 0.0767. The van der Waals surface area contributed by atoms with Gasteiger partial charge in [0.05, 0.1) is 6.20 Å². The molecule has 1 N–H and O–H groups in total. The second-order valence-corrected chi connectivity index (χ2v) is 7.21. The third-order valence-electron chi connectivity index (χ3n) is 5.07. The molecule has 1 aliphatic rings. The van der Waals surface area contributed by atoms with E-state index < -0.39 is 18.1 Å². The highest BCUT2D eigenvalue weighted by Gasteiger charge is 2.38. The number of hydrogen-bond donors (Lipinski definition) is 1. The molecule has 4 rings (SSSR count). The fourth-order valence-electron chi connectivity index (χ4n) is 3.35. The summed E-state index contributed by atoms with van der Waals surface area (Å²) in [7, 11) is 0. The first-order valence-corrected chi connectivity index (χ1v) is 9.54. The molecule has 0 bridgehead atoms. The summed E-state index contributed by atoms with van der Waals surface area (Å²) in [6.07, 6.45) is -3.41. The van der Waals surface area contributed by atoms with E-state index in [-0.39, 0.29) is 17.2 Å². The van der Waals surface area contributed by atoms with Crippen LogP contribution in [0.2, 0.25) is 0 Å². The number of halogens is 3. The smallest absolute Gasteiger partial charge is 0.340 e. The summed E-state index contributed by atoms with van der Waals surface area (Å²) < 4.78 is 39.8. The lowest BCUT2D eigenvalue weighted by Gasteiger charge is -2.19. The number of nitrogens with zero attached hydrogens (tertiary/aromatic N) is 5. The van der Waals surface area contributed by atoms with Gasteiger partial charge in [-0.1, -0.05) is 18.2 Å². The Morgan fingerprint density at radius 1 is 1.16 bits per heavy atom. The lowest BCUT2D eigenvalue weighted by Crippen LogP contribution is -2.43. The number of aryl methyl sites for hydroxylation is 1. The summed E-state index contributed by atoms with van der Waals surface area (Å²) in [6.45, 7) is 3.39. The summed E-state index contributed by atoms with van der Waals surface area (Å²) in [4.78, 5) is 32.8. The second kappa shape index (κ2) is 7.56. The normalized spacial score (nSPS) is 15.6. The zero-order valence-corrected chi connectivity index (χ0v) is 16.7. The van der Waals surface area contributed by atoms with Gasteiger partial charge in [0.1, 0.15) is 17.4 Å². The van der Waals surface area contributed by atoms with Crippen LogP contribution in [0.5, 0.6) is 0 Å². The Morgan fingerprint density at radius 2 is 1.84 bits per heavy atom. The molecule has 0 spiro atoms. The summed E-state index contributed by atoms with van der Waals surface area (Å²) in [5, 5.41) is 5.97. The van der Waals surface area contributed by atoms with Crippen molar-refractivity contribution >= 4 is 29.1 Å². The lowest BCUT2D eigenvalue weighted by atomic mass is 10.2. The number of hydrogen-bond acceptors (Lipinski definition) is 4. The predicted molar refractivity (Wildman–Crippen MR) is 107 cm³/mol. The maximum absolute atomic E-state index is 13.0. The molecule has 2 aromatic heterocycles. The van der Waals surface area contributed by atoms with Gasteiger partial charge in [-0.3, -0.25) is 14.6 Å². The van der Waals surface area contributed by atoms with Crippen molar-refractivity contribution in [2.75, 3.05) is 22.9 Å². The number of amides is 3. The molecular weight excluding hydrogens is 413 g/mol. The van der Waals surface area contributed by atoms with Gasteiger partial charge in [-0.05, 0) is 26.0 Å². The lowest BCUT2D eigenvalue weighted by molar-refractivity contribution is -0.149. The number of para-hydroxylation sites is 1. The van der Waals surface area contributed by atoms with Crippen molar-refractivity contribution in [3.8, 4) is 0 Å². The van der Waals surface area contributed by atoms with E-state index in [1.54, 1.807) is 17.9 Å². The molecule has 0 aliphatic carbocycles. The number of urea groups is 1. The van der Waals surface area contributed by atoms with Crippen LogP contribution in [0.3, 0.4) is 0 Å². The molecule has 0 saturated carbocycles. The van der Waals surface area contributed by atoms with Crippen LogP contribution >= 0.6 is 0 Å². The van der Waals surface area contributed by atoms with Crippen molar-refractivity contribution in [2.24, 2.45) is 0 Å². The summed E-state index contributed by atoms with van der Waals surface area (Å²) in [5.74, 6) is -0.644. The number of alkyl halides is 3. The highest BCUT2D eigenvalue weighted by Crippen LogP contribution is 2.26. The molecule has 1 aromatic carbocycles. The molecular formula is C20H19F3N6O2. The molecule has 8 nitrogen and oxygen atoms in total. The molecule has 1 atom stereocenters. The minimum Gasteiger partial charge on any atom is -0.340 e. The Hall–Kier alpha value is -3.63. The molecule has 1 fully saturated rings. The van der Waals surface area contributed by atoms with Gasteiger partial charge < -0.3 is 5.32 Å². The standard InChI is InChI=1S/C20H19F3N6O2/c1-12-10-16(28-9-8-27(19(28)31)14-6-4-3-5-7-14)26-17-15(11-24-29(12)17)18(30)25-13(2)20(21,22)23/h3-7,10-11,13H,8-9H2,1-2H3,(H,25,30). The largest absolute Gasteiger partial charge is 0.408 e. The molecule has 3 heterocycles. The van der Waals surface area contributed by atoms with Crippen LogP contribution in [0.25, 0.3) is 5.65 Å². The van der Waals surface area contributed by atoms with Crippen LogP contribution in [0, 0.1) is 6.92 Å². The molecule has 1 aliphatic heterocycles. The first-order valence-electron chi connectivity index (χ1n) is 9.54. The highest BCUT2D eigenvalue weighted by atomic mass is 19.4. The number of carbonyl (C=O) groups is 2. The highest BCUT2D eigenvalue weighted by molar-refractivity contribution is 6.06. The van der Waals surface area contributed by atoms with E-state index in [0.717, 1.165) is 12.6 Å². The molecule has 0 radical (unpaired) electrons. The molecule has 11 heteroatoms. The number of carbonyl (C=O) groups excluding carboxylic acids is 2. The van der Waals surface area contributed by atoms with Gasteiger partial charge >= 0.3 is 12.2 Å².